The Morgan fingerprint density at radius 1 is 1.23 bits per heavy atom. The van der Waals surface area contributed by atoms with Crippen LogP contribution in [0.15, 0.2) is 29.3 Å². The first-order chi connectivity index (χ1) is 15.1. The lowest BCUT2D eigenvalue weighted by atomic mass is 9.82. The third-order valence-electron chi connectivity index (χ3n) is 7.02. The molecular formula is C23H32N6O2. The van der Waals surface area contributed by atoms with Crippen LogP contribution in [0.2, 0.25) is 0 Å². The van der Waals surface area contributed by atoms with Gasteiger partial charge in [0.2, 0.25) is 5.91 Å². The Labute approximate surface area is 182 Å². The normalized spacial score (nSPS) is 25.5. The molecule has 3 aliphatic rings. The smallest absolute Gasteiger partial charge is 0.255 e. The minimum Gasteiger partial charge on any atom is -0.348 e. The summed E-state index contributed by atoms with van der Waals surface area (Å²) in [6, 6.07) is 4.07. The number of hydrogen-bond acceptors (Lipinski definition) is 5. The quantitative estimate of drug-likeness (QED) is 0.756. The number of nitrogens with zero attached hydrogens (tertiary/aromatic N) is 4. The van der Waals surface area contributed by atoms with Crippen LogP contribution in [-0.2, 0) is 24.4 Å². The Bertz CT molecular complexity index is 978. The summed E-state index contributed by atoms with van der Waals surface area (Å²) in [5, 5.41) is 3.39. The van der Waals surface area contributed by atoms with Gasteiger partial charge in [0.25, 0.3) is 5.56 Å². The lowest BCUT2D eigenvalue weighted by Crippen LogP contribution is -2.55. The second-order valence-electron chi connectivity index (χ2n) is 9.45. The Kier molecular flexibility index (Phi) is 5.67. The lowest BCUT2D eigenvalue weighted by molar-refractivity contribution is -0.136. The van der Waals surface area contributed by atoms with Gasteiger partial charge in [-0.3, -0.25) is 14.5 Å². The topological polar surface area (TPSA) is 86.3 Å². The van der Waals surface area contributed by atoms with Crippen LogP contribution in [0.25, 0.3) is 0 Å². The van der Waals surface area contributed by atoms with Crippen molar-refractivity contribution in [3.05, 3.63) is 52.0 Å². The van der Waals surface area contributed by atoms with E-state index in [1.165, 1.54) is 0 Å². The number of imidazole rings is 1. The van der Waals surface area contributed by atoms with Crippen molar-refractivity contribution in [2.45, 2.75) is 57.3 Å². The number of fused-ring (bicyclic) bond motifs is 4. The van der Waals surface area contributed by atoms with Crippen LogP contribution in [0.3, 0.4) is 0 Å². The molecule has 0 unspecified atom stereocenters. The fourth-order valence-corrected chi connectivity index (χ4v) is 5.56. The van der Waals surface area contributed by atoms with Crippen LogP contribution in [0.4, 0.5) is 0 Å². The first-order valence-electron chi connectivity index (χ1n) is 11.5. The highest BCUT2D eigenvalue weighted by Crippen LogP contribution is 2.35. The molecule has 5 heterocycles. The Balaban J connectivity index is 1.30. The Hall–Kier alpha value is -2.45. The summed E-state index contributed by atoms with van der Waals surface area (Å²) in [6.07, 6.45) is 7.85. The predicted molar refractivity (Wildman–Crippen MR) is 118 cm³/mol. The number of aromatic amines is 1. The van der Waals surface area contributed by atoms with E-state index in [0.717, 1.165) is 62.4 Å². The molecule has 8 nitrogen and oxygen atoms in total. The van der Waals surface area contributed by atoms with E-state index in [2.05, 4.69) is 31.2 Å². The molecule has 0 spiro atoms. The molecule has 3 aliphatic heterocycles. The molecule has 0 radical (unpaired) electrons. The maximum atomic E-state index is 13.3. The molecule has 166 valence electrons. The minimum absolute atomic E-state index is 0.0261. The van der Waals surface area contributed by atoms with E-state index in [1.54, 1.807) is 6.20 Å². The molecule has 0 aromatic carbocycles. The van der Waals surface area contributed by atoms with Gasteiger partial charge >= 0.3 is 0 Å². The fourth-order valence-electron chi connectivity index (χ4n) is 5.56. The van der Waals surface area contributed by atoms with Gasteiger partial charge in [-0.25, -0.2) is 4.98 Å². The monoisotopic (exact) mass is 424 g/mol. The van der Waals surface area contributed by atoms with Crippen molar-refractivity contribution < 1.29 is 4.79 Å². The van der Waals surface area contributed by atoms with E-state index in [0.29, 0.717) is 25.6 Å². The molecule has 2 N–H and O–H groups in total. The number of likely N-dealkylation sites (tertiary alicyclic amines) is 1. The van der Waals surface area contributed by atoms with Gasteiger partial charge in [-0.1, -0.05) is 12.5 Å². The van der Waals surface area contributed by atoms with E-state index in [9.17, 15) is 9.59 Å². The first kappa shape index (κ1) is 20.5. The van der Waals surface area contributed by atoms with Gasteiger partial charge < -0.3 is 19.8 Å². The van der Waals surface area contributed by atoms with Gasteiger partial charge in [0, 0.05) is 55.7 Å². The largest absolute Gasteiger partial charge is 0.348 e. The molecule has 2 aromatic rings. The van der Waals surface area contributed by atoms with Gasteiger partial charge in [0.05, 0.1) is 12.6 Å². The summed E-state index contributed by atoms with van der Waals surface area (Å²) >= 11 is 0. The summed E-state index contributed by atoms with van der Waals surface area (Å²) < 4.78 is 1.98. The van der Waals surface area contributed by atoms with Gasteiger partial charge in [0.15, 0.2) is 0 Å². The van der Waals surface area contributed by atoms with Crippen LogP contribution in [0, 0.1) is 5.92 Å². The van der Waals surface area contributed by atoms with Gasteiger partial charge in [-0.2, -0.15) is 0 Å². The highest BCUT2D eigenvalue weighted by Gasteiger charge is 2.38. The average molecular weight is 425 g/mol. The number of amides is 1. The van der Waals surface area contributed by atoms with Crippen LogP contribution < -0.4 is 10.9 Å². The zero-order chi connectivity index (χ0) is 21.4. The van der Waals surface area contributed by atoms with Crippen molar-refractivity contribution in [1.82, 2.24) is 29.7 Å². The highest BCUT2D eigenvalue weighted by molar-refractivity contribution is 5.82. The van der Waals surface area contributed by atoms with E-state index in [-0.39, 0.29) is 23.4 Å². The molecule has 5 rings (SSSR count). The maximum absolute atomic E-state index is 13.3. The van der Waals surface area contributed by atoms with Crippen LogP contribution in [0.1, 0.15) is 48.7 Å². The molecule has 0 aliphatic carbocycles. The van der Waals surface area contributed by atoms with Crippen LogP contribution in [-0.4, -0.2) is 63.0 Å². The van der Waals surface area contributed by atoms with Gasteiger partial charge in [-0.15, -0.1) is 0 Å². The molecule has 31 heavy (non-hydrogen) atoms. The summed E-state index contributed by atoms with van der Waals surface area (Å²) in [7, 11) is 2.00. The first-order valence-corrected chi connectivity index (χ1v) is 11.5. The molecule has 2 aromatic heterocycles. The second kappa shape index (κ2) is 8.59. The van der Waals surface area contributed by atoms with E-state index in [1.807, 2.05) is 23.9 Å². The van der Waals surface area contributed by atoms with Crippen molar-refractivity contribution in [2.75, 3.05) is 26.7 Å². The molecular weight excluding hydrogens is 392 g/mol. The van der Waals surface area contributed by atoms with E-state index < -0.39 is 0 Å². The van der Waals surface area contributed by atoms with E-state index >= 15 is 0 Å². The predicted octanol–water partition coefficient (Wildman–Crippen LogP) is 1.29. The van der Waals surface area contributed by atoms with Gasteiger partial charge in [0.1, 0.15) is 5.82 Å². The molecule has 8 heteroatoms. The number of rotatable bonds is 5. The average Bonchev–Trinajstić information content (AvgIpc) is 3.29. The molecule has 0 saturated carbocycles. The number of nitrogens with one attached hydrogen (secondary N) is 2. The van der Waals surface area contributed by atoms with Crippen molar-refractivity contribution >= 4 is 5.91 Å². The third kappa shape index (κ3) is 4.19. The second-order valence-corrected chi connectivity index (χ2v) is 9.45. The number of piperidine rings is 2. The number of aromatic nitrogens is 3. The molecule has 2 bridgehead atoms. The zero-order valence-electron chi connectivity index (χ0n) is 18.2. The van der Waals surface area contributed by atoms with Crippen molar-refractivity contribution in [1.29, 1.82) is 0 Å². The zero-order valence-corrected chi connectivity index (χ0v) is 18.2. The Morgan fingerprint density at radius 3 is 2.90 bits per heavy atom. The van der Waals surface area contributed by atoms with Crippen molar-refractivity contribution in [3.63, 3.8) is 0 Å². The number of H-pyrrole nitrogens is 1. The van der Waals surface area contributed by atoms with Crippen molar-refractivity contribution in [2.24, 2.45) is 5.92 Å². The molecule has 2 fully saturated rings. The summed E-state index contributed by atoms with van der Waals surface area (Å²) in [4.78, 5) is 37.9. The number of pyridine rings is 1. The Morgan fingerprint density at radius 2 is 2.13 bits per heavy atom. The van der Waals surface area contributed by atoms with Crippen LogP contribution in [0.5, 0.6) is 0 Å². The fraction of sp³-hybridized carbons (Fsp3) is 0.609. The summed E-state index contributed by atoms with van der Waals surface area (Å²) in [5.41, 5.74) is 2.03. The standard InChI is InChI=1S/C23H32N6O2/c1-27(15-21-25-8-9-26-21)13-17-5-6-20-18-10-16(12-29(20)22(17)30)11-28(14-18)23(31)19-4-2-3-7-24-19/h5-6,8-9,16,18-19,24H,2-4,7,10-15H2,1H3,(H,25,26)/t16-,18+,19+/m0/s1. The van der Waals surface area contributed by atoms with E-state index in [4.69, 9.17) is 0 Å². The molecule has 2 saturated heterocycles. The van der Waals surface area contributed by atoms with Crippen molar-refractivity contribution in [3.8, 4) is 0 Å². The lowest BCUT2D eigenvalue weighted by Gasteiger charge is -2.44. The summed E-state index contributed by atoms with van der Waals surface area (Å²) in [6.45, 7) is 4.40. The summed E-state index contributed by atoms with van der Waals surface area (Å²) in [5.74, 6) is 1.75. The van der Waals surface area contributed by atoms with Crippen LogP contribution >= 0.6 is 0 Å². The molecule has 1 amide bonds. The third-order valence-corrected chi connectivity index (χ3v) is 7.02. The highest BCUT2D eigenvalue weighted by atomic mass is 16.2. The number of hydrogen-bond donors (Lipinski definition) is 2. The number of carbonyl (C=O) groups excluding carboxylic acids is 1. The molecule has 3 atom stereocenters. The maximum Gasteiger partial charge on any atom is 0.255 e. The number of carbonyl (C=O) groups is 1. The minimum atomic E-state index is -0.0261. The SMILES string of the molecule is CN(Cc1ncc[nH]1)Cc1ccc2n(c1=O)C[C@H]1C[C@@H]2CN(C(=O)[C@H]2CCCCN2)C1. The van der Waals surface area contributed by atoms with Gasteiger partial charge in [-0.05, 0) is 44.8 Å².